The number of nitrogens with one attached hydrogen (secondary N) is 1. The molecule has 0 radical (unpaired) electrons. The van der Waals surface area contributed by atoms with Gasteiger partial charge in [-0.3, -0.25) is 4.79 Å². The van der Waals surface area contributed by atoms with Crippen molar-refractivity contribution in [2.75, 3.05) is 11.9 Å². The van der Waals surface area contributed by atoms with Gasteiger partial charge in [0, 0.05) is 24.2 Å². The fourth-order valence-electron chi connectivity index (χ4n) is 3.75. The van der Waals surface area contributed by atoms with Crippen molar-refractivity contribution >= 4 is 11.6 Å². The lowest BCUT2D eigenvalue weighted by Crippen LogP contribution is -2.36. The minimum atomic E-state index is -0.0255. The molecule has 1 amide bonds. The molecule has 0 spiro atoms. The molecule has 6 heteroatoms. The molecule has 3 rings (SSSR count). The SMILES string of the molecule is CCn1cnnc1-c1cccc(NC(=O)CC2(CN)CCCCC2)c1. The molecule has 1 heterocycles. The lowest BCUT2D eigenvalue weighted by molar-refractivity contribution is -0.118. The molecule has 134 valence electrons. The van der Waals surface area contributed by atoms with E-state index in [2.05, 4.69) is 22.4 Å². The maximum absolute atomic E-state index is 12.6. The fourth-order valence-corrected chi connectivity index (χ4v) is 3.75. The number of hydrogen-bond donors (Lipinski definition) is 2. The van der Waals surface area contributed by atoms with E-state index in [1.807, 2.05) is 28.8 Å². The van der Waals surface area contributed by atoms with Crippen LogP contribution in [0.3, 0.4) is 0 Å². The van der Waals surface area contributed by atoms with Crippen LogP contribution in [0.2, 0.25) is 0 Å². The Morgan fingerprint density at radius 1 is 1.32 bits per heavy atom. The van der Waals surface area contributed by atoms with Gasteiger partial charge in [0.25, 0.3) is 0 Å². The van der Waals surface area contributed by atoms with E-state index in [9.17, 15) is 4.79 Å². The quantitative estimate of drug-likeness (QED) is 0.845. The number of benzene rings is 1. The van der Waals surface area contributed by atoms with Crippen LogP contribution in [-0.4, -0.2) is 27.2 Å². The lowest BCUT2D eigenvalue weighted by Gasteiger charge is -2.35. The van der Waals surface area contributed by atoms with E-state index in [4.69, 9.17) is 5.73 Å². The molecule has 1 aliphatic carbocycles. The first-order valence-corrected chi connectivity index (χ1v) is 9.14. The number of anilines is 1. The van der Waals surface area contributed by atoms with Crippen molar-refractivity contribution in [3.8, 4) is 11.4 Å². The molecule has 0 aliphatic heterocycles. The molecule has 1 fully saturated rings. The number of carbonyl (C=O) groups excluding carboxylic acids is 1. The topological polar surface area (TPSA) is 85.8 Å². The highest BCUT2D eigenvalue weighted by Crippen LogP contribution is 2.38. The van der Waals surface area contributed by atoms with Crippen molar-refractivity contribution in [1.82, 2.24) is 14.8 Å². The molecule has 1 saturated carbocycles. The summed E-state index contributed by atoms with van der Waals surface area (Å²) < 4.78 is 1.98. The number of rotatable bonds is 6. The number of carbonyl (C=O) groups is 1. The molecule has 1 aliphatic rings. The Morgan fingerprint density at radius 3 is 2.84 bits per heavy atom. The minimum Gasteiger partial charge on any atom is -0.330 e. The van der Waals surface area contributed by atoms with Gasteiger partial charge < -0.3 is 15.6 Å². The van der Waals surface area contributed by atoms with Crippen LogP contribution in [0.1, 0.15) is 45.4 Å². The van der Waals surface area contributed by atoms with E-state index >= 15 is 0 Å². The van der Waals surface area contributed by atoms with Crippen molar-refractivity contribution in [3.05, 3.63) is 30.6 Å². The second kappa shape index (κ2) is 7.78. The minimum absolute atomic E-state index is 0.0255. The van der Waals surface area contributed by atoms with Crippen molar-refractivity contribution in [1.29, 1.82) is 0 Å². The van der Waals surface area contributed by atoms with Gasteiger partial charge in [0.05, 0.1) is 0 Å². The Balaban J connectivity index is 1.70. The Labute approximate surface area is 148 Å². The van der Waals surface area contributed by atoms with E-state index in [1.54, 1.807) is 6.33 Å². The van der Waals surface area contributed by atoms with Gasteiger partial charge in [-0.05, 0) is 43.9 Å². The summed E-state index contributed by atoms with van der Waals surface area (Å²) in [5, 5.41) is 11.2. The number of aryl methyl sites for hydroxylation is 1. The zero-order valence-electron chi connectivity index (χ0n) is 14.9. The van der Waals surface area contributed by atoms with Crippen LogP contribution in [0.25, 0.3) is 11.4 Å². The summed E-state index contributed by atoms with van der Waals surface area (Å²) in [5.74, 6) is 0.853. The lowest BCUT2D eigenvalue weighted by atomic mass is 9.71. The summed E-state index contributed by atoms with van der Waals surface area (Å²) in [5.41, 5.74) is 7.71. The van der Waals surface area contributed by atoms with Crippen LogP contribution in [0.15, 0.2) is 30.6 Å². The van der Waals surface area contributed by atoms with Crippen LogP contribution in [0.4, 0.5) is 5.69 Å². The van der Waals surface area contributed by atoms with E-state index in [0.717, 1.165) is 36.5 Å². The number of nitrogens with zero attached hydrogens (tertiary/aromatic N) is 3. The van der Waals surface area contributed by atoms with Crippen molar-refractivity contribution in [3.63, 3.8) is 0 Å². The predicted octanol–water partition coefficient (Wildman–Crippen LogP) is 3.20. The summed E-state index contributed by atoms with van der Waals surface area (Å²) >= 11 is 0. The van der Waals surface area contributed by atoms with Crippen LogP contribution in [0.5, 0.6) is 0 Å². The third-order valence-electron chi connectivity index (χ3n) is 5.24. The van der Waals surface area contributed by atoms with Gasteiger partial charge in [-0.1, -0.05) is 31.4 Å². The van der Waals surface area contributed by atoms with Crippen molar-refractivity contribution < 1.29 is 4.79 Å². The van der Waals surface area contributed by atoms with E-state index in [0.29, 0.717) is 13.0 Å². The monoisotopic (exact) mass is 341 g/mol. The normalized spacial score (nSPS) is 16.6. The number of amides is 1. The first-order chi connectivity index (χ1) is 12.2. The van der Waals surface area contributed by atoms with Crippen LogP contribution < -0.4 is 11.1 Å². The fraction of sp³-hybridized carbons (Fsp3) is 0.526. The zero-order valence-corrected chi connectivity index (χ0v) is 14.9. The molecule has 1 aromatic heterocycles. The number of hydrogen-bond acceptors (Lipinski definition) is 4. The number of aromatic nitrogens is 3. The van der Waals surface area contributed by atoms with Gasteiger partial charge >= 0.3 is 0 Å². The van der Waals surface area contributed by atoms with Gasteiger partial charge in [-0.2, -0.15) is 0 Å². The molecule has 1 aromatic carbocycles. The van der Waals surface area contributed by atoms with Crippen LogP contribution >= 0.6 is 0 Å². The maximum atomic E-state index is 12.6. The predicted molar refractivity (Wildman–Crippen MR) is 99.0 cm³/mol. The van der Waals surface area contributed by atoms with Gasteiger partial charge in [0.1, 0.15) is 6.33 Å². The Kier molecular flexibility index (Phi) is 5.48. The van der Waals surface area contributed by atoms with Crippen molar-refractivity contribution in [2.24, 2.45) is 11.1 Å². The Bertz CT molecular complexity index is 718. The molecule has 0 bridgehead atoms. The second-order valence-electron chi connectivity index (χ2n) is 7.01. The first kappa shape index (κ1) is 17.6. The Morgan fingerprint density at radius 2 is 2.12 bits per heavy atom. The summed E-state index contributed by atoms with van der Waals surface area (Å²) in [6, 6.07) is 7.77. The molecule has 0 saturated heterocycles. The van der Waals surface area contributed by atoms with Gasteiger partial charge in [-0.15, -0.1) is 10.2 Å². The highest BCUT2D eigenvalue weighted by molar-refractivity contribution is 5.91. The van der Waals surface area contributed by atoms with Crippen LogP contribution in [-0.2, 0) is 11.3 Å². The molecular formula is C19H27N5O. The molecule has 6 nitrogen and oxygen atoms in total. The summed E-state index contributed by atoms with van der Waals surface area (Å²) in [7, 11) is 0. The summed E-state index contributed by atoms with van der Waals surface area (Å²) in [4.78, 5) is 12.6. The zero-order chi connectivity index (χ0) is 17.7. The smallest absolute Gasteiger partial charge is 0.224 e. The molecule has 3 N–H and O–H groups in total. The van der Waals surface area contributed by atoms with Gasteiger partial charge in [0.15, 0.2) is 5.82 Å². The average Bonchev–Trinajstić information content (AvgIpc) is 3.11. The highest BCUT2D eigenvalue weighted by Gasteiger charge is 2.32. The van der Waals surface area contributed by atoms with Gasteiger partial charge in [-0.25, -0.2) is 0 Å². The molecule has 0 unspecified atom stereocenters. The molecule has 2 aromatic rings. The van der Waals surface area contributed by atoms with Crippen LogP contribution in [0, 0.1) is 5.41 Å². The standard InChI is InChI=1S/C19H27N5O/c1-2-24-14-21-23-18(24)15-7-6-8-16(11-15)22-17(25)12-19(13-20)9-4-3-5-10-19/h6-8,11,14H,2-5,9-10,12-13,20H2,1H3,(H,22,25). The summed E-state index contributed by atoms with van der Waals surface area (Å²) in [6.45, 7) is 3.44. The number of nitrogens with two attached hydrogens (primary N) is 1. The van der Waals surface area contributed by atoms with E-state index in [1.165, 1.54) is 19.3 Å². The van der Waals surface area contributed by atoms with Crippen molar-refractivity contribution in [2.45, 2.75) is 52.0 Å². The molecular weight excluding hydrogens is 314 g/mol. The third-order valence-corrected chi connectivity index (χ3v) is 5.24. The second-order valence-corrected chi connectivity index (χ2v) is 7.01. The van der Waals surface area contributed by atoms with E-state index in [-0.39, 0.29) is 11.3 Å². The largest absolute Gasteiger partial charge is 0.330 e. The molecule has 25 heavy (non-hydrogen) atoms. The highest BCUT2D eigenvalue weighted by atomic mass is 16.1. The molecule has 0 atom stereocenters. The van der Waals surface area contributed by atoms with Gasteiger partial charge in [0.2, 0.25) is 5.91 Å². The first-order valence-electron chi connectivity index (χ1n) is 9.14. The summed E-state index contributed by atoms with van der Waals surface area (Å²) in [6.07, 6.45) is 7.92. The maximum Gasteiger partial charge on any atom is 0.224 e. The average molecular weight is 341 g/mol. The third kappa shape index (κ3) is 4.07. The van der Waals surface area contributed by atoms with E-state index < -0.39 is 0 Å². The Hall–Kier alpha value is -2.21.